The maximum Gasteiger partial charge on any atom is 0.159 e. The first kappa shape index (κ1) is 14.4. The Hall–Kier alpha value is -1.06. The van der Waals surface area contributed by atoms with Crippen LogP contribution in [0.4, 0.5) is 0 Å². The van der Waals surface area contributed by atoms with Crippen LogP contribution in [0.2, 0.25) is 5.02 Å². The van der Waals surface area contributed by atoms with Crippen LogP contribution >= 0.6 is 11.6 Å². The van der Waals surface area contributed by atoms with Gasteiger partial charge in [-0.3, -0.25) is 4.79 Å². The van der Waals surface area contributed by atoms with E-state index in [1.54, 1.807) is 18.2 Å². The number of benzene rings is 1. The Balaban J connectivity index is 2.08. The topological polar surface area (TPSA) is 35.5 Å². The minimum Gasteiger partial charge on any atom is -0.489 e. The standard InChI is InChI=1S/C15H19ClO3/c1-9-6-13(7-10(2)18-9)19-15-5-4-12(11(3)17)8-14(15)16/h4-5,8-10,13H,6-7H2,1-3H3. The van der Waals surface area contributed by atoms with Crippen molar-refractivity contribution in [2.24, 2.45) is 0 Å². The highest BCUT2D eigenvalue weighted by atomic mass is 35.5. The molecule has 19 heavy (non-hydrogen) atoms. The lowest BCUT2D eigenvalue weighted by atomic mass is 10.0. The SMILES string of the molecule is CC(=O)c1ccc(OC2CC(C)OC(C)C2)c(Cl)c1. The summed E-state index contributed by atoms with van der Waals surface area (Å²) in [5.74, 6) is 0.639. The number of halogens is 1. The zero-order valence-electron chi connectivity index (χ0n) is 11.5. The first-order chi connectivity index (χ1) is 8.95. The van der Waals surface area contributed by atoms with Crippen molar-refractivity contribution in [2.75, 3.05) is 0 Å². The summed E-state index contributed by atoms with van der Waals surface area (Å²) in [6, 6.07) is 5.17. The van der Waals surface area contributed by atoms with Gasteiger partial charge in [0.2, 0.25) is 0 Å². The lowest BCUT2D eigenvalue weighted by molar-refractivity contribution is -0.0721. The van der Waals surface area contributed by atoms with Gasteiger partial charge in [-0.25, -0.2) is 0 Å². The average Bonchev–Trinajstić information content (AvgIpc) is 2.30. The van der Waals surface area contributed by atoms with Crippen molar-refractivity contribution >= 4 is 17.4 Å². The van der Waals surface area contributed by atoms with Crippen LogP contribution in [0, 0.1) is 0 Å². The Morgan fingerprint density at radius 1 is 1.32 bits per heavy atom. The first-order valence-corrected chi connectivity index (χ1v) is 6.96. The highest BCUT2D eigenvalue weighted by Crippen LogP contribution is 2.30. The number of rotatable bonds is 3. The van der Waals surface area contributed by atoms with Crippen LogP contribution in [-0.2, 0) is 4.74 Å². The second-order valence-corrected chi connectivity index (χ2v) is 5.58. The molecule has 2 atom stereocenters. The van der Waals surface area contributed by atoms with E-state index in [1.165, 1.54) is 6.92 Å². The van der Waals surface area contributed by atoms with Crippen LogP contribution in [0.3, 0.4) is 0 Å². The largest absolute Gasteiger partial charge is 0.489 e. The van der Waals surface area contributed by atoms with Crippen molar-refractivity contribution in [2.45, 2.75) is 51.9 Å². The van der Waals surface area contributed by atoms with Crippen molar-refractivity contribution in [3.05, 3.63) is 28.8 Å². The molecule has 4 heteroatoms. The summed E-state index contributed by atoms with van der Waals surface area (Å²) < 4.78 is 11.6. The van der Waals surface area contributed by atoms with Crippen LogP contribution < -0.4 is 4.74 Å². The molecule has 1 heterocycles. The lowest BCUT2D eigenvalue weighted by Gasteiger charge is -2.32. The number of carbonyl (C=O) groups is 1. The van der Waals surface area contributed by atoms with Gasteiger partial charge in [-0.2, -0.15) is 0 Å². The van der Waals surface area contributed by atoms with E-state index < -0.39 is 0 Å². The Morgan fingerprint density at radius 3 is 2.47 bits per heavy atom. The fraction of sp³-hybridized carbons (Fsp3) is 0.533. The average molecular weight is 283 g/mol. The molecule has 1 saturated heterocycles. The predicted molar refractivity (Wildman–Crippen MR) is 75.1 cm³/mol. The smallest absolute Gasteiger partial charge is 0.159 e. The highest BCUT2D eigenvalue weighted by molar-refractivity contribution is 6.32. The minimum absolute atomic E-state index is 0.00163. The third-order valence-corrected chi connectivity index (χ3v) is 3.58. The van der Waals surface area contributed by atoms with Gasteiger partial charge in [-0.15, -0.1) is 0 Å². The van der Waals surface area contributed by atoms with Crippen LogP contribution in [0.25, 0.3) is 0 Å². The molecule has 0 bridgehead atoms. The molecule has 0 aliphatic carbocycles. The molecule has 104 valence electrons. The summed E-state index contributed by atoms with van der Waals surface area (Å²) in [6.45, 7) is 5.62. The molecule has 1 aliphatic heterocycles. The monoisotopic (exact) mass is 282 g/mol. The molecule has 0 spiro atoms. The van der Waals surface area contributed by atoms with E-state index >= 15 is 0 Å². The highest BCUT2D eigenvalue weighted by Gasteiger charge is 2.26. The Morgan fingerprint density at radius 2 is 1.95 bits per heavy atom. The number of ketones is 1. The van der Waals surface area contributed by atoms with Crippen LogP contribution in [-0.4, -0.2) is 24.1 Å². The molecule has 1 aromatic rings. The van der Waals surface area contributed by atoms with Crippen LogP contribution in [0.15, 0.2) is 18.2 Å². The second-order valence-electron chi connectivity index (χ2n) is 5.17. The summed E-state index contributed by atoms with van der Waals surface area (Å²) in [5.41, 5.74) is 0.603. The summed E-state index contributed by atoms with van der Waals surface area (Å²) in [4.78, 5) is 11.3. The summed E-state index contributed by atoms with van der Waals surface area (Å²) in [7, 11) is 0. The van der Waals surface area contributed by atoms with Gasteiger partial charge in [0.1, 0.15) is 11.9 Å². The Labute approximate surface area is 118 Å². The van der Waals surface area contributed by atoms with Crippen molar-refractivity contribution in [3.63, 3.8) is 0 Å². The van der Waals surface area contributed by atoms with E-state index in [0.29, 0.717) is 16.3 Å². The summed E-state index contributed by atoms with van der Waals surface area (Å²) >= 11 is 6.16. The molecular formula is C15H19ClO3. The number of carbonyl (C=O) groups excluding carboxylic acids is 1. The van der Waals surface area contributed by atoms with E-state index in [1.807, 2.05) is 13.8 Å². The third kappa shape index (κ3) is 3.71. The number of hydrogen-bond acceptors (Lipinski definition) is 3. The van der Waals surface area contributed by atoms with E-state index in [9.17, 15) is 4.79 Å². The van der Waals surface area contributed by atoms with Gasteiger partial charge in [0, 0.05) is 18.4 Å². The van der Waals surface area contributed by atoms with Gasteiger partial charge in [0.05, 0.1) is 17.2 Å². The summed E-state index contributed by atoms with van der Waals surface area (Å²) in [5, 5.41) is 0.486. The predicted octanol–water partition coefficient (Wildman–Crippen LogP) is 3.88. The van der Waals surface area contributed by atoms with Gasteiger partial charge >= 0.3 is 0 Å². The van der Waals surface area contributed by atoms with Crippen molar-refractivity contribution in [1.82, 2.24) is 0 Å². The molecular weight excluding hydrogens is 264 g/mol. The van der Waals surface area contributed by atoms with E-state index in [0.717, 1.165) is 12.8 Å². The minimum atomic E-state index is 0.00163. The fourth-order valence-corrected chi connectivity index (χ4v) is 2.66. The van der Waals surface area contributed by atoms with Gasteiger partial charge in [0.15, 0.2) is 5.78 Å². The van der Waals surface area contributed by atoms with Gasteiger partial charge in [-0.05, 0) is 39.0 Å². The molecule has 0 radical (unpaired) electrons. The van der Waals surface area contributed by atoms with Crippen molar-refractivity contribution in [3.8, 4) is 5.75 Å². The van der Waals surface area contributed by atoms with E-state index in [2.05, 4.69) is 0 Å². The van der Waals surface area contributed by atoms with Crippen molar-refractivity contribution < 1.29 is 14.3 Å². The Bertz CT molecular complexity index is 462. The van der Waals surface area contributed by atoms with E-state index in [-0.39, 0.29) is 24.1 Å². The maximum atomic E-state index is 11.3. The lowest BCUT2D eigenvalue weighted by Crippen LogP contribution is -2.35. The molecule has 3 nitrogen and oxygen atoms in total. The quantitative estimate of drug-likeness (QED) is 0.789. The molecule has 2 rings (SSSR count). The third-order valence-electron chi connectivity index (χ3n) is 3.29. The molecule has 0 N–H and O–H groups in total. The zero-order valence-corrected chi connectivity index (χ0v) is 12.2. The second kappa shape index (κ2) is 5.93. The van der Waals surface area contributed by atoms with Gasteiger partial charge in [0.25, 0.3) is 0 Å². The first-order valence-electron chi connectivity index (χ1n) is 6.58. The zero-order chi connectivity index (χ0) is 14.0. The summed E-state index contributed by atoms with van der Waals surface area (Å²) in [6.07, 6.45) is 2.22. The maximum absolute atomic E-state index is 11.3. The molecule has 0 aromatic heterocycles. The Kier molecular flexibility index (Phi) is 4.48. The molecule has 1 aromatic carbocycles. The van der Waals surface area contributed by atoms with Gasteiger partial charge in [-0.1, -0.05) is 11.6 Å². The normalized spacial score (nSPS) is 27.1. The molecule has 0 amide bonds. The van der Waals surface area contributed by atoms with Crippen LogP contribution in [0.5, 0.6) is 5.75 Å². The van der Waals surface area contributed by atoms with Gasteiger partial charge < -0.3 is 9.47 Å². The number of hydrogen-bond donors (Lipinski definition) is 0. The van der Waals surface area contributed by atoms with E-state index in [4.69, 9.17) is 21.1 Å². The molecule has 0 saturated carbocycles. The van der Waals surface area contributed by atoms with Crippen LogP contribution in [0.1, 0.15) is 44.0 Å². The number of Topliss-reactive ketones (excluding diaryl/α,β-unsaturated/α-hetero) is 1. The molecule has 1 fully saturated rings. The molecule has 1 aliphatic rings. The fourth-order valence-electron chi connectivity index (χ4n) is 2.44. The molecule has 2 unspecified atom stereocenters. The van der Waals surface area contributed by atoms with Crippen molar-refractivity contribution in [1.29, 1.82) is 0 Å². The number of ether oxygens (including phenoxy) is 2.